The molecule has 22 heavy (non-hydrogen) atoms. The van der Waals surface area contributed by atoms with Crippen LogP contribution in [-0.4, -0.2) is 21.1 Å². The molecule has 5 rings (SSSR count). The topological polar surface area (TPSA) is 45.2 Å². The molecule has 4 heterocycles. The molecule has 5 heteroatoms. The Morgan fingerprint density at radius 2 is 1.68 bits per heavy atom. The smallest absolute Gasteiger partial charge is 0.178 e. The van der Waals surface area contributed by atoms with Crippen molar-refractivity contribution in [3.8, 4) is 0 Å². The summed E-state index contributed by atoms with van der Waals surface area (Å²) in [5, 5.41) is 0. The number of para-hydroxylation sites is 1. The van der Waals surface area contributed by atoms with Crippen molar-refractivity contribution >= 4 is 23.0 Å². The number of fused-ring (bicyclic) bond motifs is 5. The van der Waals surface area contributed by atoms with Gasteiger partial charge in [-0.25, -0.2) is 9.97 Å². The monoisotopic (exact) mass is 287 g/mol. The lowest BCUT2D eigenvalue weighted by Gasteiger charge is -2.26. The number of benzene rings is 1. The second kappa shape index (κ2) is 4.27. The molecule has 0 radical (unpaired) electrons. The summed E-state index contributed by atoms with van der Waals surface area (Å²) >= 11 is 0. The SMILES string of the molecule is c1cncc(N2c3nccnc3N3c4ccccc4CC23)c1. The van der Waals surface area contributed by atoms with Crippen LogP contribution in [-0.2, 0) is 6.42 Å². The molecular weight excluding hydrogens is 274 g/mol. The van der Waals surface area contributed by atoms with E-state index < -0.39 is 0 Å². The fraction of sp³-hybridized carbons (Fsp3) is 0.118. The maximum Gasteiger partial charge on any atom is 0.178 e. The van der Waals surface area contributed by atoms with E-state index in [1.165, 1.54) is 11.3 Å². The van der Waals surface area contributed by atoms with Gasteiger partial charge < -0.3 is 4.90 Å². The van der Waals surface area contributed by atoms with Gasteiger partial charge in [0, 0.05) is 30.7 Å². The predicted octanol–water partition coefficient (Wildman–Crippen LogP) is 3.04. The van der Waals surface area contributed by atoms with Crippen molar-refractivity contribution in [1.29, 1.82) is 0 Å². The van der Waals surface area contributed by atoms with Crippen molar-refractivity contribution in [2.24, 2.45) is 0 Å². The second-order valence-corrected chi connectivity index (χ2v) is 5.47. The summed E-state index contributed by atoms with van der Waals surface area (Å²) in [4.78, 5) is 17.9. The Kier molecular flexibility index (Phi) is 2.27. The summed E-state index contributed by atoms with van der Waals surface area (Å²) in [7, 11) is 0. The number of aromatic nitrogens is 3. The highest BCUT2D eigenvalue weighted by molar-refractivity contribution is 5.86. The summed E-state index contributed by atoms with van der Waals surface area (Å²) in [6.07, 6.45) is 8.30. The van der Waals surface area contributed by atoms with Crippen molar-refractivity contribution in [2.75, 3.05) is 9.80 Å². The molecule has 1 atom stereocenters. The molecule has 0 spiro atoms. The Morgan fingerprint density at radius 1 is 0.864 bits per heavy atom. The van der Waals surface area contributed by atoms with Gasteiger partial charge in [-0.05, 0) is 23.8 Å². The van der Waals surface area contributed by atoms with Gasteiger partial charge in [0.15, 0.2) is 11.6 Å². The van der Waals surface area contributed by atoms with E-state index in [1.54, 1.807) is 18.6 Å². The molecule has 3 aromatic rings. The predicted molar refractivity (Wildman–Crippen MR) is 84.5 cm³/mol. The van der Waals surface area contributed by atoms with Crippen LogP contribution in [0.25, 0.3) is 0 Å². The first-order valence-electron chi connectivity index (χ1n) is 7.31. The highest BCUT2D eigenvalue weighted by Crippen LogP contribution is 2.50. The molecule has 0 aliphatic carbocycles. The average molecular weight is 287 g/mol. The maximum absolute atomic E-state index is 4.58. The second-order valence-electron chi connectivity index (χ2n) is 5.47. The van der Waals surface area contributed by atoms with Crippen molar-refractivity contribution < 1.29 is 0 Å². The van der Waals surface area contributed by atoms with E-state index in [0.29, 0.717) is 0 Å². The number of anilines is 4. The van der Waals surface area contributed by atoms with E-state index in [0.717, 1.165) is 23.7 Å². The minimum Gasteiger partial charge on any atom is -0.301 e. The lowest BCUT2D eigenvalue weighted by molar-refractivity contribution is 0.722. The van der Waals surface area contributed by atoms with Gasteiger partial charge in [-0.3, -0.25) is 9.88 Å². The molecule has 0 bridgehead atoms. The molecule has 2 aromatic heterocycles. The number of nitrogens with zero attached hydrogens (tertiary/aromatic N) is 5. The van der Waals surface area contributed by atoms with E-state index in [1.807, 2.05) is 12.3 Å². The molecule has 2 aliphatic rings. The van der Waals surface area contributed by atoms with Gasteiger partial charge in [0.2, 0.25) is 0 Å². The van der Waals surface area contributed by atoms with Gasteiger partial charge in [-0.1, -0.05) is 18.2 Å². The number of hydrogen-bond donors (Lipinski definition) is 0. The van der Waals surface area contributed by atoms with Gasteiger partial charge >= 0.3 is 0 Å². The quantitative estimate of drug-likeness (QED) is 0.688. The summed E-state index contributed by atoms with van der Waals surface area (Å²) < 4.78 is 0. The fourth-order valence-corrected chi connectivity index (χ4v) is 3.42. The van der Waals surface area contributed by atoms with Crippen molar-refractivity contribution in [3.63, 3.8) is 0 Å². The van der Waals surface area contributed by atoms with E-state index in [9.17, 15) is 0 Å². The maximum atomic E-state index is 4.58. The van der Waals surface area contributed by atoms with Crippen molar-refractivity contribution in [2.45, 2.75) is 12.6 Å². The third-order valence-electron chi connectivity index (χ3n) is 4.29. The molecule has 0 fully saturated rings. The molecular formula is C17H13N5. The largest absolute Gasteiger partial charge is 0.301 e. The summed E-state index contributed by atoms with van der Waals surface area (Å²) in [6, 6.07) is 12.5. The zero-order valence-electron chi connectivity index (χ0n) is 11.8. The number of pyridine rings is 1. The molecule has 0 saturated carbocycles. The van der Waals surface area contributed by atoms with Crippen LogP contribution in [0.5, 0.6) is 0 Å². The van der Waals surface area contributed by atoms with Gasteiger partial charge in [0.05, 0.1) is 11.9 Å². The Balaban J connectivity index is 1.73. The first-order chi connectivity index (χ1) is 10.9. The van der Waals surface area contributed by atoms with Crippen molar-refractivity contribution in [3.05, 3.63) is 66.7 Å². The number of hydrogen-bond acceptors (Lipinski definition) is 5. The molecule has 1 unspecified atom stereocenters. The molecule has 0 N–H and O–H groups in total. The van der Waals surface area contributed by atoms with E-state index >= 15 is 0 Å². The summed E-state index contributed by atoms with van der Waals surface area (Å²) in [5.41, 5.74) is 3.61. The van der Waals surface area contributed by atoms with Crippen LogP contribution < -0.4 is 9.80 Å². The van der Waals surface area contributed by atoms with E-state index in [4.69, 9.17) is 0 Å². The Bertz CT molecular complexity index is 833. The molecule has 0 amide bonds. The Hall–Kier alpha value is -2.95. The van der Waals surface area contributed by atoms with Crippen LogP contribution in [0.1, 0.15) is 5.56 Å². The lowest BCUT2D eigenvalue weighted by atomic mass is 10.1. The molecule has 0 saturated heterocycles. The first-order valence-corrected chi connectivity index (χ1v) is 7.31. The minimum absolute atomic E-state index is 0.180. The number of rotatable bonds is 1. The summed E-state index contributed by atoms with van der Waals surface area (Å²) in [6.45, 7) is 0. The van der Waals surface area contributed by atoms with Crippen LogP contribution in [0.2, 0.25) is 0 Å². The summed E-state index contributed by atoms with van der Waals surface area (Å²) in [5.74, 6) is 1.82. The van der Waals surface area contributed by atoms with E-state index in [2.05, 4.69) is 55.1 Å². The van der Waals surface area contributed by atoms with Gasteiger partial charge in [-0.15, -0.1) is 0 Å². The molecule has 1 aromatic carbocycles. The third-order valence-corrected chi connectivity index (χ3v) is 4.29. The van der Waals surface area contributed by atoms with Gasteiger partial charge in [-0.2, -0.15) is 0 Å². The highest BCUT2D eigenvalue weighted by atomic mass is 15.5. The van der Waals surface area contributed by atoms with Gasteiger partial charge in [0.25, 0.3) is 0 Å². The Morgan fingerprint density at radius 3 is 2.50 bits per heavy atom. The van der Waals surface area contributed by atoms with Crippen LogP contribution in [0.15, 0.2) is 61.2 Å². The lowest BCUT2D eigenvalue weighted by Crippen LogP contribution is -2.36. The van der Waals surface area contributed by atoms with Gasteiger partial charge in [0.1, 0.15) is 6.17 Å². The standard InChI is InChI=1S/C17H13N5/c1-2-6-14-12(4-1)10-15-21(13-5-3-7-18-11-13)16-17(22(14)15)20-9-8-19-16/h1-9,11,15H,10H2. The molecule has 5 nitrogen and oxygen atoms in total. The minimum atomic E-state index is 0.180. The average Bonchev–Trinajstić information content (AvgIpc) is 3.10. The molecule has 106 valence electrons. The fourth-order valence-electron chi connectivity index (χ4n) is 3.42. The van der Waals surface area contributed by atoms with E-state index in [-0.39, 0.29) is 6.17 Å². The normalized spacial score (nSPS) is 18.1. The van der Waals surface area contributed by atoms with Crippen LogP contribution in [0, 0.1) is 0 Å². The first kappa shape index (κ1) is 11.7. The van der Waals surface area contributed by atoms with Crippen LogP contribution in [0.3, 0.4) is 0 Å². The zero-order valence-corrected chi connectivity index (χ0v) is 11.8. The van der Waals surface area contributed by atoms with Crippen LogP contribution in [0.4, 0.5) is 23.0 Å². The third kappa shape index (κ3) is 1.45. The zero-order chi connectivity index (χ0) is 14.5. The highest BCUT2D eigenvalue weighted by Gasteiger charge is 2.44. The Labute approximate surface area is 127 Å². The van der Waals surface area contributed by atoms with Crippen molar-refractivity contribution in [1.82, 2.24) is 15.0 Å². The molecule has 2 aliphatic heterocycles. The van der Waals surface area contributed by atoms with Crippen LogP contribution >= 0.6 is 0 Å².